The van der Waals surface area contributed by atoms with E-state index in [1.807, 2.05) is 0 Å². The molecule has 2 rings (SSSR count). The topological polar surface area (TPSA) is 74.4 Å². The fourth-order valence-electron chi connectivity index (χ4n) is 1.59. The minimum Gasteiger partial charge on any atom is -0.336 e. The van der Waals surface area contributed by atoms with E-state index < -0.39 is 10.9 Å². The minimum absolute atomic E-state index is 0.0916. The van der Waals surface area contributed by atoms with Gasteiger partial charge in [-0.15, -0.1) is 0 Å². The smallest absolute Gasteiger partial charge is 0.336 e. The Balaban J connectivity index is 2.46. The van der Waals surface area contributed by atoms with Crippen molar-refractivity contribution in [3.8, 4) is 0 Å². The summed E-state index contributed by atoms with van der Waals surface area (Å²) in [5.41, 5.74) is 0.385. The van der Waals surface area contributed by atoms with E-state index >= 15 is 0 Å². The van der Waals surface area contributed by atoms with Gasteiger partial charge in [-0.25, -0.2) is 4.79 Å². The maximum absolute atomic E-state index is 11.6. The van der Waals surface area contributed by atoms with Gasteiger partial charge in [0.1, 0.15) is 6.54 Å². The third kappa shape index (κ3) is 2.07. The molecule has 0 aliphatic heterocycles. The maximum Gasteiger partial charge on any atom is 0.368 e. The fourth-order valence-corrected chi connectivity index (χ4v) is 1.59. The van der Waals surface area contributed by atoms with Crippen LogP contribution in [0, 0.1) is 10.1 Å². The first-order chi connectivity index (χ1) is 8.11. The monoisotopic (exact) mass is 238 g/mol. The van der Waals surface area contributed by atoms with Crippen molar-refractivity contribution in [2.45, 2.75) is 6.54 Å². The summed E-state index contributed by atoms with van der Waals surface area (Å²) in [6, 6.07) is 5.91. The molecule has 0 saturated carbocycles. The summed E-state index contributed by atoms with van der Waals surface area (Å²) in [5.74, 6) is -1.06. The summed E-state index contributed by atoms with van der Waals surface area (Å²) in [6.07, 6.45) is 1.53. The van der Waals surface area contributed by atoms with Crippen LogP contribution in [0.25, 0.3) is 10.9 Å². The first-order valence-electron chi connectivity index (χ1n) is 4.66. The highest BCUT2D eigenvalue weighted by Gasteiger charge is 2.11. The maximum atomic E-state index is 11.6. The van der Waals surface area contributed by atoms with E-state index in [2.05, 4.69) is 4.94 Å². The van der Waals surface area contributed by atoms with Gasteiger partial charge in [0.05, 0.1) is 10.4 Å². The molecule has 88 valence electrons. The Morgan fingerprint density at radius 1 is 1.47 bits per heavy atom. The van der Waals surface area contributed by atoms with Crippen LogP contribution in [0.15, 0.2) is 30.5 Å². The zero-order valence-corrected chi connectivity index (χ0v) is 8.50. The standard InChI is InChI=1S/C10H7FN2O4/c11-17-10(14)6-12-4-3-7-1-2-8(13(15)16)5-9(7)12/h1-5H,6H2. The van der Waals surface area contributed by atoms with Gasteiger partial charge in [0.15, 0.2) is 0 Å². The van der Waals surface area contributed by atoms with Crippen molar-refractivity contribution >= 4 is 22.6 Å². The molecule has 0 saturated heterocycles. The van der Waals surface area contributed by atoms with Gasteiger partial charge in [0, 0.05) is 28.2 Å². The van der Waals surface area contributed by atoms with E-state index in [0.717, 1.165) is 5.39 Å². The van der Waals surface area contributed by atoms with Crippen LogP contribution in [-0.2, 0) is 16.3 Å². The number of rotatable bonds is 3. The molecule has 0 aliphatic carbocycles. The number of nitro benzene ring substituents is 1. The van der Waals surface area contributed by atoms with Crippen molar-refractivity contribution in [3.63, 3.8) is 0 Å². The summed E-state index contributed by atoms with van der Waals surface area (Å²) < 4.78 is 13.0. The normalized spacial score (nSPS) is 10.4. The van der Waals surface area contributed by atoms with E-state index in [4.69, 9.17) is 0 Å². The lowest BCUT2D eigenvalue weighted by Gasteiger charge is -2.01. The van der Waals surface area contributed by atoms with Gasteiger partial charge < -0.3 is 4.57 Å². The van der Waals surface area contributed by atoms with Crippen LogP contribution in [0.4, 0.5) is 10.2 Å². The lowest BCUT2D eigenvalue weighted by molar-refractivity contribution is -0.384. The van der Waals surface area contributed by atoms with Gasteiger partial charge in [0.2, 0.25) is 0 Å². The molecule has 0 fully saturated rings. The minimum atomic E-state index is -1.06. The second kappa shape index (κ2) is 4.20. The molecule has 2 aromatic rings. The summed E-state index contributed by atoms with van der Waals surface area (Å²) in [4.78, 5) is 23.9. The Bertz CT molecular complexity index is 593. The Morgan fingerprint density at radius 2 is 2.24 bits per heavy atom. The predicted octanol–water partition coefficient (Wildman–Crippen LogP) is 1.98. The average molecular weight is 238 g/mol. The molecule has 0 bridgehead atoms. The molecular formula is C10H7FN2O4. The third-order valence-electron chi connectivity index (χ3n) is 2.35. The van der Waals surface area contributed by atoms with E-state index in [1.54, 1.807) is 12.1 Å². The van der Waals surface area contributed by atoms with Crippen LogP contribution in [0.5, 0.6) is 0 Å². The Labute approximate surface area is 94.3 Å². The molecule has 7 heteroatoms. The zero-order chi connectivity index (χ0) is 12.4. The number of carbonyl (C=O) groups excluding carboxylic acids is 1. The van der Waals surface area contributed by atoms with Crippen LogP contribution < -0.4 is 0 Å². The number of nitro groups is 1. The van der Waals surface area contributed by atoms with Crippen LogP contribution in [-0.4, -0.2) is 15.5 Å². The predicted molar refractivity (Wildman–Crippen MR) is 55.8 cm³/mol. The molecular weight excluding hydrogens is 231 g/mol. The van der Waals surface area contributed by atoms with E-state index in [0.29, 0.717) is 5.52 Å². The van der Waals surface area contributed by atoms with Gasteiger partial charge in [-0.2, -0.15) is 0 Å². The molecule has 1 heterocycles. The van der Waals surface area contributed by atoms with Crippen LogP contribution >= 0.6 is 0 Å². The number of hydrogen-bond acceptors (Lipinski definition) is 4. The first-order valence-corrected chi connectivity index (χ1v) is 4.66. The van der Waals surface area contributed by atoms with Crippen molar-refractivity contribution in [2.24, 2.45) is 0 Å². The van der Waals surface area contributed by atoms with Gasteiger partial charge >= 0.3 is 5.97 Å². The fraction of sp³-hybridized carbons (Fsp3) is 0.100. The molecule has 0 aliphatic rings. The van der Waals surface area contributed by atoms with E-state index in [9.17, 15) is 19.4 Å². The Hall–Kier alpha value is -2.44. The molecule has 1 aromatic carbocycles. The number of nitrogens with zero attached hydrogens (tertiary/aromatic N) is 2. The van der Waals surface area contributed by atoms with Crippen molar-refractivity contribution < 1.29 is 19.2 Å². The third-order valence-corrected chi connectivity index (χ3v) is 2.35. The van der Waals surface area contributed by atoms with Crippen LogP contribution in [0.3, 0.4) is 0 Å². The molecule has 1 aromatic heterocycles. The molecule has 0 radical (unpaired) electrons. The average Bonchev–Trinajstić information content (AvgIpc) is 2.71. The highest BCUT2D eigenvalue weighted by atomic mass is 19.3. The van der Waals surface area contributed by atoms with Gasteiger partial charge in [-0.05, 0) is 12.1 Å². The van der Waals surface area contributed by atoms with Crippen molar-refractivity contribution in [2.75, 3.05) is 0 Å². The number of carbonyl (C=O) groups is 1. The second-order valence-electron chi connectivity index (χ2n) is 3.39. The number of non-ortho nitro benzene ring substituents is 1. The van der Waals surface area contributed by atoms with Crippen molar-refractivity contribution in [1.29, 1.82) is 0 Å². The molecule has 0 N–H and O–H groups in total. The van der Waals surface area contributed by atoms with Crippen molar-refractivity contribution in [1.82, 2.24) is 4.57 Å². The number of aromatic nitrogens is 1. The summed E-state index contributed by atoms with van der Waals surface area (Å²) >= 11 is 0. The number of halogens is 1. The largest absolute Gasteiger partial charge is 0.368 e. The van der Waals surface area contributed by atoms with E-state index in [1.165, 1.54) is 22.9 Å². The highest BCUT2D eigenvalue weighted by Crippen LogP contribution is 2.21. The Morgan fingerprint density at radius 3 is 2.88 bits per heavy atom. The van der Waals surface area contributed by atoms with E-state index in [-0.39, 0.29) is 12.2 Å². The van der Waals surface area contributed by atoms with Crippen molar-refractivity contribution in [3.05, 3.63) is 40.6 Å². The lowest BCUT2D eigenvalue weighted by atomic mass is 10.2. The van der Waals surface area contributed by atoms with Gasteiger partial charge in [-0.1, -0.05) is 0 Å². The SMILES string of the molecule is O=C(Cn1ccc2ccc([N+](=O)[O-])cc21)OF. The quantitative estimate of drug-likeness (QED) is 0.605. The summed E-state index contributed by atoms with van der Waals surface area (Å²) in [7, 11) is 0. The molecule has 17 heavy (non-hydrogen) atoms. The van der Waals surface area contributed by atoms with Gasteiger partial charge in [-0.3, -0.25) is 15.1 Å². The zero-order valence-electron chi connectivity index (χ0n) is 8.50. The lowest BCUT2D eigenvalue weighted by Crippen LogP contribution is -2.08. The number of benzene rings is 1. The molecule has 6 nitrogen and oxygen atoms in total. The molecule has 0 amide bonds. The Kier molecular flexibility index (Phi) is 2.73. The van der Waals surface area contributed by atoms with Crippen LogP contribution in [0.2, 0.25) is 0 Å². The second-order valence-corrected chi connectivity index (χ2v) is 3.39. The highest BCUT2D eigenvalue weighted by molar-refractivity contribution is 5.83. The summed E-state index contributed by atoms with van der Waals surface area (Å²) in [6.45, 7) is -0.332. The number of hydrogen-bond donors (Lipinski definition) is 0. The molecule has 0 spiro atoms. The molecule has 0 unspecified atom stereocenters. The molecule has 0 atom stereocenters. The van der Waals surface area contributed by atoms with Crippen LogP contribution in [0.1, 0.15) is 0 Å². The summed E-state index contributed by atoms with van der Waals surface area (Å²) in [5, 5.41) is 11.3. The van der Waals surface area contributed by atoms with Gasteiger partial charge in [0.25, 0.3) is 5.69 Å². The number of fused-ring (bicyclic) bond motifs is 1. The first kappa shape index (κ1) is 11.1.